The fourth-order valence-corrected chi connectivity index (χ4v) is 6.36. The molecular formula is C24H23N3O2S2. The van der Waals surface area contributed by atoms with Crippen LogP contribution in [-0.2, 0) is 12.8 Å². The molecule has 3 heterocycles. The van der Waals surface area contributed by atoms with Crippen molar-refractivity contribution in [2.75, 3.05) is 5.75 Å². The molecule has 0 amide bonds. The fourth-order valence-electron chi connectivity index (χ4n) is 4.17. The average molecular weight is 450 g/mol. The molecule has 0 radical (unpaired) electrons. The first-order valence-electron chi connectivity index (χ1n) is 10.5. The van der Waals surface area contributed by atoms with E-state index in [2.05, 4.69) is 4.98 Å². The minimum absolute atomic E-state index is 0.0117. The van der Waals surface area contributed by atoms with Gasteiger partial charge in [-0.2, -0.15) is 0 Å². The van der Waals surface area contributed by atoms with Crippen molar-refractivity contribution in [1.82, 2.24) is 14.5 Å². The van der Waals surface area contributed by atoms with Crippen LogP contribution >= 0.6 is 23.1 Å². The molecule has 0 atom stereocenters. The second-order valence-electron chi connectivity index (χ2n) is 8.01. The van der Waals surface area contributed by atoms with Gasteiger partial charge in [-0.15, -0.1) is 11.3 Å². The summed E-state index contributed by atoms with van der Waals surface area (Å²) >= 11 is 2.97. The van der Waals surface area contributed by atoms with Crippen LogP contribution in [0.25, 0.3) is 15.9 Å². The SMILES string of the molecule is Cc1ccc(C)c(-n2c(SCC(=O)c3ccc[nH]3)nc3sc4c(c3c2=O)CCCC4)c1. The van der Waals surface area contributed by atoms with Gasteiger partial charge in [-0.3, -0.25) is 14.2 Å². The molecule has 3 aromatic heterocycles. The lowest BCUT2D eigenvalue weighted by Gasteiger charge is -2.15. The standard InChI is InChI=1S/C24H23N3O2S2/c1-14-9-10-15(2)18(12-14)27-23(29)21-16-6-3-4-8-20(16)31-22(21)26-24(27)30-13-19(28)17-7-5-11-25-17/h5,7,9-12,25H,3-4,6,8,13H2,1-2H3. The summed E-state index contributed by atoms with van der Waals surface area (Å²) in [7, 11) is 0. The van der Waals surface area contributed by atoms with Crippen molar-refractivity contribution in [3.05, 3.63) is 74.1 Å². The van der Waals surface area contributed by atoms with E-state index in [4.69, 9.17) is 4.98 Å². The molecule has 0 fully saturated rings. The first-order chi connectivity index (χ1) is 15.0. The largest absolute Gasteiger partial charge is 0.359 e. The van der Waals surface area contributed by atoms with Crippen molar-refractivity contribution >= 4 is 39.1 Å². The monoisotopic (exact) mass is 449 g/mol. The first-order valence-corrected chi connectivity index (χ1v) is 12.3. The Balaban J connectivity index is 1.68. The van der Waals surface area contributed by atoms with Crippen LogP contribution in [0.3, 0.4) is 0 Å². The van der Waals surface area contributed by atoms with Crippen LogP contribution in [0.2, 0.25) is 0 Å². The van der Waals surface area contributed by atoms with E-state index >= 15 is 0 Å². The number of aryl methyl sites for hydroxylation is 4. The Hall–Kier alpha value is -2.64. The average Bonchev–Trinajstić information content (AvgIpc) is 3.42. The molecule has 5 nitrogen and oxygen atoms in total. The van der Waals surface area contributed by atoms with Crippen molar-refractivity contribution in [2.24, 2.45) is 0 Å². The highest BCUT2D eigenvalue weighted by Gasteiger charge is 2.24. The van der Waals surface area contributed by atoms with Crippen LogP contribution in [0, 0.1) is 13.8 Å². The van der Waals surface area contributed by atoms with Crippen molar-refractivity contribution < 1.29 is 4.79 Å². The van der Waals surface area contributed by atoms with E-state index in [0.717, 1.165) is 52.7 Å². The van der Waals surface area contributed by atoms with Gasteiger partial charge in [0.1, 0.15) is 4.83 Å². The molecule has 1 aliphatic carbocycles. The Morgan fingerprint density at radius 3 is 2.87 bits per heavy atom. The van der Waals surface area contributed by atoms with Gasteiger partial charge >= 0.3 is 0 Å². The number of nitrogens with one attached hydrogen (secondary N) is 1. The fraction of sp³-hybridized carbons (Fsp3) is 0.292. The van der Waals surface area contributed by atoms with E-state index in [0.29, 0.717) is 10.9 Å². The Bertz CT molecular complexity index is 1350. The molecule has 0 saturated carbocycles. The van der Waals surface area contributed by atoms with Gasteiger partial charge in [0.15, 0.2) is 10.9 Å². The summed E-state index contributed by atoms with van der Waals surface area (Å²) in [4.78, 5) is 36.4. The number of ketones is 1. The smallest absolute Gasteiger partial charge is 0.267 e. The zero-order valence-corrected chi connectivity index (χ0v) is 19.2. The summed E-state index contributed by atoms with van der Waals surface area (Å²) in [6.45, 7) is 4.03. The van der Waals surface area contributed by atoms with E-state index in [1.807, 2.05) is 38.1 Å². The van der Waals surface area contributed by atoms with Gasteiger partial charge in [0.05, 0.1) is 22.5 Å². The zero-order valence-electron chi connectivity index (χ0n) is 17.5. The molecule has 0 bridgehead atoms. The quantitative estimate of drug-likeness (QED) is 0.257. The zero-order chi connectivity index (χ0) is 21.5. The lowest BCUT2D eigenvalue weighted by molar-refractivity contribution is 0.101. The molecule has 158 valence electrons. The number of H-pyrrole nitrogens is 1. The molecule has 0 unspecified atom stereocenters. The van der Waals surface area contributed by atoms with Crippen molar-refractivity contribution in [1.29, 1.82) is 0 Å². The summed E-state index contributed by atoms with van der Waals surface area (Å²) in [6.07, 6.45) is 5.98. The Kier molecular flexibility index (Phi) is 5.32. The van der Waals surface area contributed by atoms with Gasteiger partial charge in [0.2, 0.25) is 0 Å². The van der Waals surface area contributed by atoms with Crippen molar-refractivity contribution in [2.45, 2.75) is 44.7 Å². The molecule has 7 heteroatoms. The number of rotatable bonds is 5. The van der Waals surface area contributed by atoms with Crippen LogP contribution in [0.5, 0.6) is 0 Å². The number of aromatic nitrogens is 3. The summed E-state index contributed by atoms with van der Waals surface area (Å²) in [5, 5.41) is 1.34. The Morgan fingerprint density at radius 1 is 1.23 bits per heavy atom. The summed E-state index contributed by atoms with van der Waals surface area (Å²) in [6, 6.07) is 9.68. The van der Waals surface area contributed by atoms with Crippen molar-refractivity contribution in [3.8, 4) is 5.69 Å². The minimum Gasteiger partial charge on any atom is -0.359 e. The molecule has 1 aliphatic rings. The van der Waals surface area contributed by atoms with Crippen molar-refractivity contribution in [3.63, 3.8) is 0 Å². The normalized spacial score (nSPS) is 13.5. The van der Waals surface area contributed by atoms with Gasteiger partial charge in [-0.25, -0.2) is 4.98 Å². The van der Waals surface area contributed by atoms with Gasteiger partial charge in [-0.05, 0) is 74.4 Å². The van der Waals surface area contributed by atoms with E-state index in [-0.39, 0.29) is 17.1 Å². The number of thioether (sulfide) groups is 1. The number of carbonyl (C=O) groups is 1. The number of carbonyl (C=O) groups excluding carboxylic acids is 1. The summed E-state index contributed by atoms with van der Waals surface area (Å²) < 4.78 is 1.72. The van der Waals surface area contributed by atoms with E-state index < -0.39 is 0 Å². The van der Waals surface area contributed by atoms with Gasteiger partial charge in [0, 0.05) is 11.1 Å². The maximum Gasteiger partial charge on any atom is 0.267 e. The number of aromatic amines is 1. The first kappa shape index (κ1) is 20.3. The molecule has 1 N–H and O–H groups in total. The third kappa shape index (κ3) is 3.66. The molecule has 0 spiro atoms. The number of nitrogens with zero attached hydrogens (tertiary/aromatic N) is 2. The molecule has 31 heavy (non-hydrogen) atoms. The minimum atomic E-state index is -0.0204. The number of hydrogen-bond donors (Lipinski definition) is 1. The number of hydrogen-bond acceptors (Lipinski definition) is 5. The van der Waals surface area contributed by atoms with Crippen LogP contribution in [0.15, 0.2) is 46.5 Å². The Morgan fingerprint density at radius 2 is 2.06 bits per heavy atom. The van der Waals surface area contributed by atoms with Crippen LogP contribution in [-0.4, -0.2) is 26.1 Å². The molecule has 1 aromatic carbocycles. The summed E-state index contributed by atoms with van der Waals surface area (Å²) in [5.74, 6) is 0.205. The van der Waals surface area contributed by atoms with Crippen LogP contribution in [0.1, 0.15) is 44.9 Å². The van der Waals surface area contributed by atoms with E-state index in [1.54, 1.807) is 28.2 Å². The van der Waals surface area contributed by atoms with Gasteiger partial charge < -0.3 is 4.98 Å². The third-order valence-corrected chi connectivity index (χ3v) is 7.92. The molecule has 4 aromatic rings. The number of Topliss-reactive ketones (excluding diaryl/α,β-unsaturated/α-hetero) is 1. The predicted molar refractivity (Wildman–Crippen MR) is 127 cm³/mol. The highest BCUT2D eigenvalue weighted by molar-refractivity contribution is 7.99. The van der Waals surface area contributed by atoms with E-state index in [9.17, 15) is 9.59 Å². The highest BCUT2D eigenvalue weighted by atomic mass is 32.2. The van der Waals surface area contributed by atoms with E-state index in [1.165, 1.54) is 22.2 Å². The molecular weight excluding hydrogens is 426 g/mol. The topological polar surface area (TPSA) is 67.8 Å². The summed E-state index contributed by atoms with van der Waals surface area (Å²) in [5.41, 5.74) is 4.66. The maximum atomic E-state index is 13.8. The molecule has 0 aliphatic heterocycles. The lowest BCUT2D eigenvalue weighted by atomic mass is 9.97. The highest BCUT2D eigenvalue weighted by Crippen LogP contribution is 2.35. The third-order valence-electron chi connectivity index (χ3n) is 5.79. The predicted octanol–water partition coefficient (Wildman–Crippen LogP) is 5.25. The maximum absolute atomic E-state index is 13.8. The number of thiophene rings is 1. The second-order valence-corrected chi connectivity index (χ2v) is 10.0. The number of fused-ring (bicyclic) bond motifs is 3. The lowest BCUT2D eigenvalue weighted by Crippen LogP contribution is -2.23. The van der Waals surface area contributed by atoms with Gasteiger partial charge in [0.25, 0.3) is 5.56 Å². The van der Waals surface area contributed by atoms with Gasteiger partial charge in [-0.1, -0.05) is 23.9 Å². The van der Waals surface area contributed by atoms with Crippen LogP contribution < -0.4 is 5.56 Å². The van der Waals surface area contributed by atoms with Crippen LogP contribution in [0.4, 0.5) is 0 Å². The Labute approximate surface area is 188 Å². The number of benzene rings is 1. The molecule has 0 saturated heterocycles. The molecule has 5 rings (SSSR count). The second kappa shape index (κ2) is 8.13.